The van der Waals surface area contributed by atoms with Crippen LogP contribution in [0.2, 0.25) is 40.2 Å². The molecule has 16 heteroatoms. The van der Waals surface area contributed by atoms with Crippen LogP contribution in [0.25, 0.3) is 86.2 Å². The van der Waals surface area contributed by atoms with Crippen LogP contribution in [0.1, 0.15) is 0 Å². The van der Waals surface area contributed by atoms with Crippen LogP contribution in [0.3, 0.4) is 0 Å². The van der Waals surface area contributed by atoms with Crippen molar-refractivity contribution in [1.29, 1.82) is 0 Å². The third-order valence-corrected chi connectivity index (χ3v) is 20.1. The van der Waals surface area contributed by atoms with Gasteiger partial charge in [0.05, 0.1) is 40.2 Å². The highest BCUT2D eigenvalue weighted by molar-refractivity contribution is 9.11. The summed E-state index contributed by atoms with van der Waals surface area (Å²) in [5.41, 5.74) is 0. The summed E-state index contributed by atoms with van der Waals surface area (Å²) >= 11 is 69.0. The van der Waals surface area contributed by atoms with Gasteiger partial charge >= 0.3 is 0 Å². The third-order valence-electron chi connectivity index (χ3n) is 10.3. The summed E-state index contributed by atoms with van der Waals surface area (Å²) in [5, 5.41) is 20.8. The summed E-state index contributed by atoms with van der Waals surface area (Å²) in [6, 6.07) is 15.8. The lowest BCUT2D eigenvalue weighted by molar-refractivity contribution is 1.48. The van der Waals surface area contributed by atoms with Gasteiger partial charge in [-0.25, -0.2) is 0 Å². The van der Waals surface area contributed by atoms with E-state index in [4.69, 9.17) is 92.8 Å². The Balaban J connectivity index is 0.000000130. The van der Waals surface area contributed by atoms with Crippen molar-refractivity contribution in [3.05, 3.63) is 107 Å². The molecule has 2 aliphatic rings. The molecule has 276 valence electrons. The molecule has 0 bridgehead atoms. The number of halogens is 12. The average molecular weight is 1220 g/mol. The minimum Gasteiger partial charge on any atom is -0.0836 e. The van der Waals surface area contributed by atoms with Gasteiger partial charge in [0.15, 0.2) is 0 Å². The Morgan fingerprint density at radius 3 is 0.625 bits per heavy atom. The number of hydrogen-bond donors (Lipinski definition) is 0. The van der Waals surface area contributed by atoms with Crippen molar-refractivity contribution in [3.8, 4) is 0 Å². The Morgan fingerprint density at radius 2 is 0.411 bits per heavy atom. The first-order chi connectivity index (χ1) is 26.8. The molecule has 0 radical (unpaired) electrons. The molecule has 0 saturated heterocycles. The smallest absolute Gasteiger partial charge is 0.0503 e. The van der Waals surface area contributed by atoms with Crippen LogP contribution in [0.15, 0.2) is 86.0 Å². The zero-order chi connectivity index (χ0) is 39.0. The van der Waals surface area contributed by atoms with Crippen molar-refractivity contribution in [2.45, 2.75) is 19.6 Å². The van der Waals surface area contributed by atoms with Crippen LogP contribution in [0.4, 0.5) is 0 Å². The van der Waals surface area contributed by atoms with Gasteiger partial charge in [-0.15, -0.1) is 0 Å². The number of fused-ring (bicyclic) bond motifs is 4. The van der Waals surface area contributed by atoms with E-state index in [0.717, 1.165) is 113 Å². The molecule has 0 N–H and O–H groups in total. The maximum atomic E-state index is 6.86. The second-order valence-electron chi connectivity index (χ2n) is 13.1. The first kappa shape index (κ1) is 39.3. The van der Waals surface area contributed by atoms with Crippen LogP contribution in [-0.2, 0) is 0 Å². The zero-order valence-corrected chi connectivity index (χ0v) is 42.4. The fraction of sp³-hybridized carbons (Fsp3) is 0. The highest BCUT2D eigenvalue weighted by atomic mass is 79.9. The van der Waals surface area contributed by atoms with Crippen LogP contribution < -0.4 is 0 Å². The van der Waals surface area contributed by atoms with E-state index < -0.39 is 0 Å². The molecule has 10 aromatic carbocycles. The van der Waals surface area contributed by atoms with Gasteiger partial charge < -0.3 is 0 Å². The Hall–Kier alpha value is 0.440. The van der Waals surface area contributed by atoms with Crippen molar-refractivity contribution in [3.63, 3.8) is 0 Å². The van der Waals surface area contributed by atoms with E-state index in [1.807, 2.05) is 24.3 Å². The summed E-state index contributed by atoms with van der Waals surface area (Å²) in [6.45, 7) is 0. The standard InChI is InChI=1S/C20H4Br4Cl4.C20H4Cl4S4/c21-5-1-9(25)15-16-10(26)3-7(23)14-8(24)4-12(28)18(20(14)16)17-11(27)2-6(22)13(5)19(15)17;21-5-1-9-17-10(26-25-9)2-7(23)15-16-8(24)4-12-18-11(27-28-12)3-6(22)14(20(16)18)13(5)19(15)17/h2*1-4H. The van der Waals surface area contributed by atoms with Crippen molar-refractivity contribution >= 4 is 286 Å². The molecule has 12 rings (SSSR count). The third kappa shape index (κ3) is 5.35. The SMILES string of the molecule is Clc1cc(Br)c2c(Br)cc(Cl)c3c4c(Cl)cc(Br)c5c(Br)cc(Cl)c(c1c23)c54.Clc1cc2c3c(cc(Cl)c4c5c(Cl)cc6c7c(cc(Cl)c(c1c34)c75)SS6)SS2. The van der Waals surface area contributed by atoms with Gasteiger partial charge in [0.25, 0.3) is 0 Å². The molecule has 0 nitrogen and oxygen atoms in total. The fourth-order valence-electron chi connectivity index (χ4n) is 8.35. The highest BCUT2D eigenvalue weighted by Crippen LogP contribution is 2.63. The summed E-state index contributed by atoms with van der Waals surface area (Å²) in [4.78, 5) is 4.66. The molecule has 2 aliphatic heterocycles. The molecule has 0 aromatic heterocycles. The van der Waals surface area contributed by atoms with Gasteiger partial charge in [-0.05, 0) is 48.5 Å². The Kier molecular flexibility index (Phi) is 9.81. The second-order valence-corrected chi connectivity index (χ2v) is 24.2. The molecule has 0 fully saturated rings. The monoisotopic (exact) mass is 1210 g/mol. The van der Waals surface area contributed by atoms with Crippen molar-refractivity contribution in [2.75, 3.05) is 0 Å². The molecule has 0 aliphatic carbocycles. The molecule has 10 aromatic rings. The van der Waals surface area contributed by atoms with Crippen molar-refractivity contribution in [1.82, 2.24) is 0 Å². The molecule has 0 unspecified atom stereocenters. The minimum atomic E-state index is 0.585. The molecular weight excluding hydrogens is 1210 g/mol. The van der Waals surface area contributed by atoms with Crippen LogP contribution in [0, 0.1) is 0 Å². The van der Waals surface area contributed by atoms with Crippen LogP contribution >= 0.6 is 200 Å². The number of rotatable bonds is 0. The fourth-order valence-corrected chi connectivity index (χ4v) is 19.6. The molecule has 0 atom stereocenters. The van der Waals surface area contributed by atoms with Crippen LogP contribution in [0.5, 0.6) is 0 Å². The lowest BCUT2D eigenvalue weighted by atomic mass is 9.89. The first-order valence-corrected chi connectivity index (χ1v) is 26.5. The molecule has 56 heavy (non-hydrogen) atoms. The Morgan fingerprint density at radius 1 is 0.232 bits per heavy atom. The van der Waals surface area contributed by atoms with Crippen LogP contribution in [-0.4, -0.2) is 0 Å². The lowest BCUT2D eigenvalue weighted by Crippen LogP contribution is -1.93. The van der Waals surface area contributed by atoms with E-state index in [0.29, 0.717) is 40.2 Å². The van der Waals surface area contributed by atoms with E-state index >= 15 is 0 Å². The van der Waals surface area contributed by atoms with E-state index in [1.165, 1.54) is 10.8 Å². The second kappa shape index (κ2) is 14.0. The molecule has 0 amide bonds. The number of benzene rings is 10. The van der Waals surface area contributed by atoms with Crippen molar-refractivity contribution < 1.29 is 0 Å². The van der Waals surface area contributed by atoms with Crippen molar-refractivity contribution in [2.24, 2.45) is 0 Å². The summed E-state index contributed by atoms with van der Waals surface area (Å²) in [7, 11) is 6.88. The summed E-state index contributed by atoms with van der Waals surface area (Å²) < 4.78 is 3.45. The quantitative estimate of drug-likeness (QED) is 0.0843. The van der Waals surface area contributed by atoms with Gasteiger partial charge in [0.1, 0.15) is 0 Å². The van der Waals surface area contributed by atoms with Gasteiger partial charge in [-0.2, -0.15) is 0 Å². The van der Waals surface area contributed by atoms with E-state index in [2.05, 4.69) is 88.0 Å². The Labute approximate surface area is 406 Å². The molecule has 2 heterocycles. The lowest BCUT2D eigenvalue weighted by Gasteiger charge is -2.21. The van der Waals surface area contributed by atoms with E-state index in [1.54, 1.807) is 43.2 Å². The predicted octanol–water partition coefficient (Wildman–Crippen LogP) is 22.0. The Bertz CT molecular complexity index is 3030. The van der Waals surface area contributed by atoms with Gasteiger partial charge in [0.2, 0.25) is 0 Å². The summed E-state index contributed by atoms with van der Waals surface area (Å²) in [5.74, 6) is 0. The largest absolute Gasteiger partial charge is 0.0836 e. The van der Waals surface area contributed by atoms with E-state index in [-0.39, 0.29) is 0 Å². The first-order valence-electron chi connectivity index (χ1n) is 16.0. The average Bonchev–Trinajstić information content (AvgIpc) is 3.73. The predicted molar refractivity (Wildman–Crippen MR) is 270 cm³/mol. The van der Waals surface area contributed by atoms with E-state index in [9.17, 15) is 0 Å². The maximum Gasteiger partial charge on any atom is 0.0503 e. The summed E-state index contributed by atoms with van der Waals surface area (Å²) in [6.07, 6.45) is 0. The van der Waals surface area contributed by atoms with Gasteiger partial charge in [-0.3, -0.25) is 0 Å². The molecule has 0 saturated carbocycles. The maximum absolute atomic E-state index is 6.86. The number of hydrogen-bond acceptors (Lipinski definition) is 4. The van der Waals surface area contributed by atoms with Gasteiger partial charge in [0, 0.05) is 124 Å². The molecular formula is C40H8Br4Cl8S4. The normalized spacial score (nSPS) is 13.8. The zero-order valence-electron chi connectivity index (χ0n) is 26.8. The van der Waals surface area contributed by atoms with Gasteiger partial charge in [-0.1, -0.05) is 200 Å². The topological polar surface area (TPSA) is 0 Å². The highest BCUT2D eigenvalue weighted by Gasteiger charge is 2.31. The minimum absolute atomic E-state index is 0.585. The molecule has 0 spiro atoms.